The van der Waals surface area contributed by atoms with E-state index in [1.807, 2.05) is 38.1 Å². The maximum Gasteiger partial charge on any atom is 0.355 e. The van der Waals surface area contributed by atoms with E-state index in [0.717, 1.165) is 16.5 Å². The average Bonchev–Trinajstić information content (AvgIpc) is 2.67. The van der Waals surface area contributed by atoms with Crippen LogP contribution in [-0.2, 0) is 11.3 Å². The second-order valence-electron chi connectivity index (χ2n) is 4.99. The van der Waals surface area contributed by atoms with Gasteiger partial charge in [0.15, 0.2) is 0 Å². The maximum atomic E-state index is 12.0. The van der Waals surface area contributed by atoms with Gasteiger partial charge < -0.3 is 14.6 Å². The highest BCUT2D eigenvalue weighted by Crippen LogP contribution is 2.25. The van der Waals surface area contributed by atoms with Crippen LogP contribution in [0.4, 0.5) is 0 Å². The fourth-order valence-corrected chi connectivity index (χ4v) is 2.22. The number of esters is 1. The lowest BCUT2D eigenvalue weighted by atomic mass is 10.1. The summed E-state index contributed by atoms with van der Waals surface area (Å²) in [6.45, 7) is 4.96. The van der Waals surface area contributed by atoms with Crippen molar-refractivity contribution in [2.75, 3.05) is 20.7 Å². The van der Waals surface area contributed by atoms with Crippen LogP contribution in [0, 0.1) is 6.92 Å². The van der Waals surface area contributed by atoms with E-state index >= 15 is 0 Å². The lowest BCUT2D eigenvalue weighted by Gasteiger charge is -2.10. The van der Waals surface area contributed by atoms with Gasteiger partial charge >= 0.3 is 5.97 Å². The monoisotopic (exact) mass is 260 g/mol. The Morgan fingerprint density at radius 3 is 2.74 bits per heavy atom. The summed E-state index contributed by atoms with van der Waals surface area (Å²) in [7, 11) is 3.98. The Morgan fingerprint density at radius 1 is 1.37 bits per heavy atom. The number of aromatic amines is 1. The molecule has 2 aromatic rings. The molecule has 1 N–H and O–H groups in total. The summed E-state index contributed by atoms with van der Waals surface area (Å²) >= 11 is 0. The molecule has 19 heavy (non-hydrogen) atoms. The number of carbonyl (C=O) groups excluding carboxylic acids is 1. The first-order valence-corrected chi connectivity index (χ1v) is 6.46. The van der Waals surface area contributed by atoms with Gasteiger partial charge in [-0.3, -0.25) is 0 Å². The van der Waals surface area contributed by atoms with Crippen LogP contribution in [0.1, 0.15) is 28.5 Å². The van der Waals surface area contributed by atoms with Gasteiger partial charge in [0.25, 0.3) is 0 Å². The number of aromatic nitrogens is 1. The number of nitrogens with zero attached hydrogens (tertiary/aromatic N) is 1. The van der Waals surface area contributed by atoms with Gasteiger partial charge in [-0.05, 0) is 40.1 Å². The molecule has 0 aliphatic heterocycles. The Morgan fingerprint density at radius 2 is 2.11 bits per heavy atom. The molecule has 0 aliphatic carbocycles. The molecule has 0 aliphatic rings. The maximum absolute atomic E-state index is 12.0. The van der Waals surface area contributed by atoms with Gasteiger partial charge in [0.1, 0.15) is 5.69 Å². The van der Waals surface area contributed by atoms with Gasteiger partial charge in [0.2, 0.25) is 0 Å². The zero-order valence-corrected chi connectivity index (χ0v) is 11.9. The molecule has 0 unspecified atom stereocenters. The van der Waals surface area contributed by atoms with Crippen molar-refractivity contribution in [2.24, 2.45) is 0 Å². The topological polar surface area (TPSA) is 45.3 Å². The number of fused-ring (bicyclic) bond motifs is 1. The molecule has 0 saturated heterocycles. The smallest absolute Gasteiger partial charge is 0.355 e. The van der Waals surface area contributed by atoms with E-state index < -0.39 is 0 Å². The van der Waals surface area contributed by atoms with Crippen LogP contribution < -0.4 is 0 Å². The molecule has 4 heteroatoms. The quantitative estimate of drug-likeness (QED) is 0.860. The van der Waals surface area contributed by atoms with Crippen molar-refractivity contribution in [3.05, 3.63) is 35.0 Å². The summed E-state index contributed by atoms with van der Waals surface area (Å²) in [6, 6.07) is 6.15. The highest BCUT2D eigenvalue weighted by atomic mass is 16.5. The fourth-order valence-electron chi connectivity index (χ4n) is 2.22. The van der Waals surface area contributed by atoms with Gasteiger partial charge in [-0.2, -0.15) is 0 Å². The molecular weight excluding hydrogens is 240 g/mol. The van der Waals surface area contributed by atoms with Crippen LogP contribution >= 0.6 is 0 Å². The van der Waals surface area contributed by atoms with E-state index in [0.29, 0.717) is 18.8 Å². The van der Waals surface area contributed by atoms with Crippen LogP contribution in [0.5, 0.6) is 0 Å². The summed E-state index contributed by atoms with van der Waals surface area (Å²) in [5, 5.41) is 1.09. The summed E-state index contributed by atoms with van der Waals surface area (Å²) in [5.74, 6) is -0.284. The van der Waals surface area contributed by atoms with Gasteiger partial charge in [0.05, 0.1) is 6.61 Å². The molecular formula is C15H20N2O2. The lowest BCUT2D eigenvalue weighted by Crippen LogP contribution is -2.15. The number of ether oxygens (including phenoxy) is 1. The van der Waals surface area contributed by atoms with Gasteiger partial charge in [-0.25, -0.2) is 4.79 Å². The molecule has 1 aromatic heterocycles. The van der Waals surface area contributed by atoms with Gasteiger partial charge in [0, 0.05) is 23.0 Å². The number of rotatable bonds is 4. The zero-order valence-electron chi connectivity index (χ0n) is 11.9. The molecule has 0 atom stereocenters. The van der Waals surface area contributed by atoms with Crippen LogP contribution in [0.3, 0.4) is 0 Å². The highest BCUT2D eigenvalue weighted by Gasteiger charge is 2.19. The van der Waals surface area contributed by atoms with Gasteiger partial charge in [-0.1, -0.05) is 11.6 Å². The second-order valence-corrected chi connectivity index (χ2v) is 4.99. The van der Waals surface area contributed by atoms with Crippen molar-refractivity contribution >= 4 is 16.9 Å². The third-order valence-electron chi connectivity index (χ3n) is 3.02. The van der Waals surface area contributed by atoms with Crippen molar-refractivity contribution in [1.29, 1.82) is 0 Å². The number of carbonyl (C=O) groups is 1. The third-order valence-corrected chi connectivity index (χ3v) is 3.02. The third kappa shape index (κ3) is 2.79. The van der Waals surface area contributed by atoms with E-state index in [-0.39, 0.29) is 5.97 Å². The first kappa shape index (κ1) is 13.6. The summed E-state index contributed by atoms with van der Waals surface area (Å²) in [4.78, 5) is 17.3. The van der Waals surface area contributed by atoms with Crippen molar-refractivity contribution in [3.63, 3.8) is 0 Å². The normalized spacial score (nSPS) is 11.2. The van der Waals surface area contributed by atoms with Gasteiger partial charge in [-0.15, -0.1) is 0 Å². The number of hydrogen-bond donors (Lipinski definition) is 1. The number of nitrogens with one attached hydrogen (secondary N) is 1. The summed E-state index contributed by atoms with van der Waals surface area (Å²) in [5.41, 5.74) is 3.73. The Bertz CT molecular complexity index is 599. The largest absolute Gasteiger partial charge is 0.461 e. The first-order valence-electron chi connectivity index (χ1n) is 6.46. The standard InChI is InChI=1S/C15H20N2O2/c1-5-19-15(18)14-12(9-17(3)4)11-8-10(2)6-7-13(11)16-14/h6-8,16H,5,9H2,1-4H3. The number of aryl methyl sites for hydroxylation is 1. The predicted molar refractivity (Wildman–Crippen MR) is 76.4 cm³/mol. The summed E-state index contributed by atoms with van der Waals surface area (Å²) in [6.07, 6.45) is 0. The minimum Gasteiger partial charge on any atom is -0.461 e. The van der Waals surface area contributed by atoms with E-state index in [1.165, 1.54) is 5.56 Å². The van der Waals surface area contributed by atoms with Crippen molar-refractivity contribution in [3.8, 4) is 0 Å². The molecule has 0 bridgehead atoms. The first-order chi connectivity index (χ1) is 9.02. The molecule has 0 fully saturated rings. The Labute approximate surface area is 113 Å². The van der Waals surface area contributed by atoms with E-state index in [1.54, 1.807) is 0 Å². The molecule has 0 amide bonds. The minimum absolute atomic E-state index is 0.284. The molecule has 102 valence electrons. The zero-order chi connectivity index (χ0) is 14.0. The Kier molecular flexibility index (Phi) is 3.90. The Hall–Kier alpha value is -1.81. The summed E-state index contributed by atoms with van der Waals surface area (Å²) < 4.78 is 5.12. The van der Waals surface area contributed by atoms with E-state index in [2.05, 4.69) is 18.0 Å². The number of H-pyrrole nitrogens is 1. The minimum atomic E-state index is -0.284. The molecule has 0 radical (unpaired) electrons. The van der Waals surface area contributed by atoms with Crippen LogP contribution in [0.15, 0.2) is 18.2 Å². The van der Waals surface area contributed by atoms with Crippen molar-refractivity contribution in [2.45, 2.75) is 20.4 Å². The fraction of sp³-hybridized carbons (Fsp3) is 0.400. The Balaban J connectivity index is 2.58. The van der Waals surface area contributed by atoms with Crippen LogP contribution in [-0.4, -0.2) is 36.6 Å². The van der Waals surface area contributed by atoms with Crippen molar-refractivity contribution in [1.82, 2.24) is 9.88 Å². The molecule has 1 aromatic carbocycles. The highest BCUT2D eigenvalue weighted by molar-refractivity contribution is 5.98. The SMILES string of the molecule is CCOC(=O)c1[nH]c2ccc(C)cc2c1CN(C)C. The van der Waals surface area contributed by atoms with Crippen LogP contribution in [0.25, 0.3) is 10.9 Å². The predicted octanol–water partition coefficient (Wildman–Crippen LogP) is 2.71. The molecule has 0 spiro atoms. The lowest BCUT2D eigenvalue weighted by molar-refractivity contribution is 0.0518. The number of hydrogen-bond acceptors (Lipinski definition) is 3. The molecule has 1 heterocycles. The van der Waals surface area contributed by atoms with E-state index in [9.17, 15) is 4.79 Å². The van der Waals surface area contributed by atoms with E-state index in [4.69, 9.17) is 4.74 Å². The second kappa shape index (κ2) is 5.45. The van der Waals surface area contributed by atoms with Crippen LogP contribution in [0.2, 0.25) is 0 Å². The molecule has 0 saturated carbocycles. The molecule has 2 rings (SSSR count). The molecule has 4 nitrogen and oxygen atoms in total. The van der Waals surface area contributed by atoms with Crippen molar-refractivity contribution < 1.29 is 9.53 Å². The number of benzene rings is 1. The average molecular weight is 260 g/mol.